The summed E-state index contributed by atoms with van der Waals surface area (Å²) in [5.74, 6) is 0. The van der Waals surface area contributed by atoms with E-state index in [1.54, 1.807) is 0 Å². The van der Waals surface area contributed by atoms with Crippen molar-refractivity contribution in [1.82, 2.24) is 10.2 Å². The van der Waals surface area contributed by atoms with Gasteiger partial charge in [-0.3, -0.25) is 0 Å². The monoisotopic (exact) mass is 222 g/mol. The highest BCUT2D eigenvalue weighted by atomic mass is 16.4. The van der Waals surface area contributed by atoms with E-state index in [1.807, 2.05) is 18.2 Å². The quantitative estimate of drug-likeness (QED) is 0.700. The van der Waals surface area contributed by atoms with Gasteiger partial charge in [-0.1, -0.05) is 35.9 Å². The van der Waals surface area contributed by atoms with Crippen LogP contribution in [0.5, 0.6) is 0 Å². The Morgan fingerprint density at radius 2 is 1.81 bits per heavy atom. The number of hydrogen-bond donors (Lipinski definition) is 2. The van der Waals surface area contributed by atoms with Gasteiger partial charge in [0, 0.05) is 26.2 Å². The largest absolute Gasteiger partial charge is 0.465 e. The standard InChI is InChI=1S/C7H8.C5H10N2O2/c1-7-5-3-2-4-6-7;8-5(9)7-3-1-6-2-4-7/h2-6H,1H3;6H,1-4H2,(H,8,9). The van der Waals surface area contributed by atoms with Crippen LogP contribution in [0.25, 0.3) is 0 Å². The Hall–Kier alpha value is -1.55. The highest BCUT2D eigenvalue weighted by molar-refractivity contribution is 5.65. The zero-order valence-corrected chi connectivity index (χ0v) is 9.52. The van der Waals surface area contributed by atoms with Gasteiger partial charge < -0.3 is 15.3 Å². The molecule has 0 aromatic heterocycles. The van der Waals surface area contributed by atoms with E-state index in [2.05, 4.69) is 24.4 Å². The molecule has 1 aliphatic rings. The molecule has 1 aromatic rings. The molecule has 0 spiro atoms. The third kappa shape index (κ3) is 4.79. The maximum atomic E-state index is 10.3. The van der Waals surface area contributed by atoms with Gasteiger partial charge in [-0.2, -0.15) is 0 Å². The lowest BCUT2D eigenvalue weighted by Gasteiger charge is -2.23. The van der Waals surface area contributed by atoms with Gasteiger partial charge in [0.05, 0.1) is 0 Å². The van der Waals surface area contributed by atoms with Crippen LogP contribution in [0, 0.1) is 6.92 Å². The second kappa shape index (κ2) is 6.85. The summed E-state index contributed by atoms with van der Waals surface area (Å²) >= 11 is 0. The zero-order valence-electron chi connectivity index (χ0n) is 9.52. The van der Waals surface area contributed by atoms with Gasteiger partial charge in [-0.25, -0.2) is 4.79 Å². The van der Waals surface area contributed by atoms with Crippen molar-refractivity contribution in [2.24, 2.45) is 0 Å². The first kappa shape index (κ1) is 12.5. The van der Waals surface area contributed by atoms with Gasteiger partial charge in [-0.15, -0.1) is 0 Å². The molecule has 88 valence electrons. The molecule has 1 heterocycles. The average Bonchev–Trinajstić information content (AvgIpc) is 2.32. The lowest BCUT2D eigenvalue weighted by Crippen LogP contribution is -2.45. The van der Waals surface area contributed by atoms with Gasteiger partial charge >= 0.3 is 6.09 Å². The number of benzene rings is 1. The van der Waals surface area contributed by atoms with Crippen molar-refractivity contribution in [3.05, 3.63) is 35.9 Å². The molecule has 2 rings (SSSR count). The highest BCUT2D eigenvalue weighted by Gasteiger charge is 2.13. The van der Waals surface area contributed by atoms with Crippen LogP contribution in [0.4, 0.5) is 4.79 Å². The molecule has 1 fully saturated rings. The predicted octanol–water partition coefficient (Wildman–Crippen LogP) is 1.56. The van der Waals surface area contributed by atoms with E-state index in [-0.39, 0.29) is 0 Å². The van der Waals surface area contributed by atoms with Gasteiger partial charge in [0.1, 0.15) is 0 Å². The summed E-state index contributed by atoms with van der Waals surface area (Å²) in [5.41, 5.74) is 1.32. The normalized spacial score (nSPS) is 14.9. The number of nitrogens with one attached hydrogen (secondary N) is 1. The van der Waals surface area contributed by atoms with Gasteiger partial charge in [-0.05, 0) is 6.92 Å². The lowest BCUT2D eigenvalue weighted by atomic mass is 10.2. The van der Waals surface area contributed by atoms with Crippen molar-refractivity contribution in [1.29, 1.82) is 0 Å². The summed E-state index contributed by atoms with van der Waals surface area (Å²) in [6.45, 7) is 4.89. The average molecular weight is 222 g/mol. The third-order valence-corrected chi connectivity index (χ3v) is 2.33. The fraction of sp³-hybridized carbons (Fsp3) is 0.417. The van der Waals surface area contributed by atoms with E-state index in [9.17, 15) is 4.79 Å². The van der Waals surface area contributed by atoms with Crippen LogP contribution in [-0.2, 0) is 0 Å². The fourth-order valence-electron chi connectivity index (χ4n) is 1.39. The van der Waals surface area contributed by atoms with Crippen molar-refractivity contribution in [2.75, 3.05) is 26.2 Å². The van der Waals surface area contributed by atoms with Crippen molar-refractivity contribution in [3.8, 4) is 0 Å². The summed E-state index contributed by atoms with van der Waals surface area (Å²) < 4.78 is 0. The smallest absolute Gasteiger partial charge is 0.407 e. The van der Waals surface area contributed by atoms with Crippen molar-refractivity contribution >= 4 is 6.09 Å². The van der Waals surface area contributed by atoms with Crippen LogP contribution in [0.15, 0.2) is 30.3 Å². The van der Waals surface area contributed by atoms with E-state index in [0.717, 1.165) is 13.1 Å². The molecule has 16 heavy (non-hydrogen) atoms. The molecule has 0 radical (unpaired) electrons. The van der Waals surface area contributed by atoms with Crippen LogP contribution in [0.1, 0.15) is 5.56 Å². The van der Waals surface area contributed by atoms with Crippen molar-refractivity contribution in [3.63, 3.8) is 0 Å². The highest BCUT2D eigenvalue weighted by Crippen LogP contribution is 1.92. The Kier molecular flexibility index (Phi) is 5.36. The Morgan fingerprint density at radius 1 is 1.25 bits per heavy atom. The SMILES string of the molecule is Cc1ccccc1.O=C(O)N1CCNCC1. The zero-order chi connectivity index (χ0) is 11.8. The summed E-state index contributed by atoms with van der Waals surface area (Å²) in [4.78, 5) is 11.7. The molecule has 2 N–H and O–H groups in total. The van der Waals surface area contributed by atoms with Gasteiger partial charge in [0.15, 0.2) is 0 Å². The Morgan fingerprint density at radius 3 is 2.12 bits per heavy atom. The first-order valence-electron chi connectivity index (χ1n) is 5.40. The number of amides is 1. The molecule has 0 saturated carbocycles. The maximum absolute atomic E-state index is 10.3. The number of nitrogens with zero attached hydrogens (tertiary/aromatic N) is 1. The van der Waals surface area contributed by atoms with E-state index >= 15 is 0 Å². The van der Waals surface area contributed by atoms with Crippen LogP contribution >= 0.6 is 0 Å². The molecular weight excluding hydrogens is 204 g/mol. The molecule has 1 aliphatic heterocycles. The number of hydrogen-bond acceptors (Lipinski definition) is 2. The van der Waals surface area contributed by atoms with Crippen LogP contribution in [0.2, 0.25) is 0 Å². The lowest BCUT2D eigenvalue weighted by molar-refractivity contribution is 0.139. The molecule has 0 bridgehead atoms. The van der Waals surface area contributed by atoms with Crippen LogP contribution in [-0.4, -0.2) is 42.3 Å². The summed E-state index contributed by atoms with van der Waals surface area (Å²) in [7, 11) is 0. The molecule has 4 nitrogen and oxygen atoms in total. The minimum absolute atomic E-state index is 0.620. The third-order valence-electron chi connectivity index (χ3n) is 2.33. The van der Waals surface area contributed by atoms with E-state index in [4.69, 9.17) is 5.11 Å². The van der Waals surface area contributed by atoms with Crippen LogP contribution < -0.4 is 5.32 Å². The summed E-state index contributed by atoms with van der Waals surface area (Å²) in [6, 6.07) is 10.3. The Balaban J connectivity index is 0.000000165. The molecule has 1 saturated heterocycles. The van der Waals surface area contributed by atoms with E-state index < -0.39 is 6.09 Å². The van der Waals surface area contributed by atoms with E-state index in [0.29, 0.717) is 13.1 Å². The van der Waals surface area contributed by atoms with Crippen molar-refractivity contribution < 1.29 is 9.90 Å². The summed E-state index contributed by atoms with van der Waals surface area (Å²) in [6.07, 6.45) is -0.809. The van der Waals surface area contributed by atoms with Gasteiger partial charge in [0.25, 0.3) is 0 Å². The molecule has 0 aliphatic carbocycles. The molecule has 1 amide bonds. The molecule has 1 aromatic carbocycles. The van der Waals surface area contributed by atoms with Crippen molar-refractivity contribution in [2.45, 2.75) is 6.92 Å². The number of rotatable bonds is 0. The minimum Gasteiger partial charge on any atom is -0.465 e. The van der Waals surface area contributed by atoms with E-state index in [1.165, 1.54) is 10.5 Å². The number of carbonyl (C=O) groups is 1. The topological polar surface area (TPSA) is 52.6 Å². The fourth-order valence-corrected chi connectivity index (χ4v) is 1.39. The minimum atomic E-state index is -0.809. The number of carboxylic acid groups (broad SMARTS) is 1. The predicted molar refractivity (Wildman–Crippen MR) is 63.6 cm³/mol. The Bertz CT molecular complexity index is 308. The van der Waals surface area contributed by atoms with Crippen LogP contribution in [0.3, 0.4) is 0 Å². The first-order chi connectivity index (χ1) is 7.70. The number of piperazine rings is 1. The van der Waals surface area contributed by atoms with Gasteiger partial charge in [0.2, 0.25) is 0 Å². The molecule has 4 heteroatoms. The summed E-state index contributed by atoms with van der Waals surface area (Å²) in [5, 5.41) is 11.5. The molecule has 0 atom stereocenters. The first-order valence-corrected chi connectivity index (χ1v) is 5.40. The number of aryl methyl sites for hydroxylation is 1. The molecular formula is C12H18N2O2. The second-order valence-corrected chi connectivity index (χ2v) is 3.67. The maximum Gasteiger partial charge on any atom is 0.407 e. The Labute approximate surface area is 95.9 Å². The molecule has 0 unspecified atom stereocenters. The second-order valence-electron chi connectivity index (χ2n) is 3.67.